The molecule has 0 spiro atoms. The molecule has 1 aromatic carbocycles. The summed E-state index contributed by atoms with van der Waals surface area (Å²) in [5, 5.41) is 9.87. The van der Waals surface area contributed by atoms with Crippen molar-refractivity contribution in [2.75, 3.05) is 18.0 Å². The lowest BCUT2D eigenvalue weighted by molar-refractivity contribution is -0.143. The van der Waals surface area contributed by atoms with E-state index in [0.29, 0.717) is 0 Å². The Morgan fingerprint density at radius 3 is 2.40 bits per heavy atom. The quantitative estimate of drug-likeness (QED) is 0.907. The van der Waals surface area contributed by atoms with Crippen molar-refractivity contribution in [3.8, 4) is 0 Å². The molecule has 2 fully saturated rings. The molecule has 4 heteroatoms. The minimum atomic E-state index is -0.696. The molecule has 0 radical (unpaired) electrons. The first-order valence-corrected chi connectivity index (χ1v) is 8.22. The zero-order chi connectivity index (χ0) is 14.2. The van der Waals surface area contributed by atoms with Crippen LogP contribution in [-0.4, -0.2) is 24.2 Å². The van der Waals surface area contributed by atoms with Crippen molar-refractivity contribution in [2.45, 2.75) is 43.9 Å². The van der Waals surface area contributed by atoms with Crippen molar-refractivity contribution in [2.24, 2.45) is 0 Å². The van der Waals surface area contributed by atoms with E-state index in [1.165, 1.54) is 12.8 Å². The van der Waals surface area contributed by atoms with Crippen LogP contribution in [0.2, 0.25) is 0 Å². The van der Waals surface area contributed by atoms with E-state index in [2.05, 4.69) is 26.9 Å². The summed E-state index contributed by atoms with van der Waals surface area (Å²) in [7, 11) is 0. The molecule has 0 bridgehead atoms. The molecule has 3 rings (SSSR count). The Balaban J connectivity index is 2.13. The average molecular weight is 338 g/mol. The largest absolute Gasteiger partial charge is 0.481 e. The van der Waals surface area contributed by atoms with Gasteiger partial charge in [-0.15, -0.1) is 0 Å². The lowest BCUT2D eigenvalue weighted by atomic mass is 9.78. The Kier molecular flexibility index (Phi) is 3.76. The van der Waals surface area contributed by atoms with Crippen LogP contribution in [0, 0.1) is 0 Å². The maximum absolute atomic E-state index is 12.0. The number of hydrogen-bond acceptors (Lipinski definition) is 2. The van der Waals surface area contributed by atoms with Gasteiger partial charge in [0.15, 0.2) is 0 Å². The average Bonchev–Trinajstić information content (AvgIpc) is 3.10. The number of nitrogens with zero attached hydrogens (tertiary/aromatic N) is 1. The number of halogens is 1. The molecule has 0 amide bonds. The van der Waals surface area contributed by atoms with E-state index < -0.39 is 11.4 Å². The van der Waals surface area contributed by atoms with Gasteiger partial charge in [0, 0.05) is 28.8 Å². The fourth-order valence-electron chi connectivity index (χ4n) is 3.76. The third-order valence-corrected chi connectivity index (χ3v) is 5.44. The normalized spacial score (nSPS) is 21.4. The fourth-order valence-corrected chi connectivity index (χ4v) is 4.49. The summed E-state index contributed by atoms with van der Waals surface area (Å²) >= 11 is 3.62. The number of anilines is 1. The van der Waals surface area contributed by atoms with E-state index in [0.717, 1.165) is 54.5 Å². The molecule has 0 unspecified atom stereocenters. The van der Waals surface area contributed by atoms with E-state index in [9.17, 15) is 9.90 Å². The number of carbonyl (C=O) groups is 1. The number of rotatable bonds is 3. The summed E-state index contributed by atoms with van der Waals surface area (Å²) in [5.41, 5.74) is 1.44. The van der Waals surface area contributed by atoms with Crippen LogP contribution in [0.5, 0.6) is 0 Å². The third-order valence-electron chi connectivity index (χ3n) is 4.78. The lowest BCUT2D eigenvalue weighted by Crippen LogP contribution is -2.35. The number of hydrogen-bond donors (Lipinski definition) is 1. The fraction of sp³-hybridized carbons (Fsp3) is 0.562. The van der Waals surface area contributed by atoms with Crippen LogP contribution in [0.25, 0.3) is 0 Å². The SMILES string of the molecule is O=C(O)C1(c2c(Br)cccc2N2CCCC2)CCCC1. The second-order valence-electron chi connectivity index (χ2n) is 5.92. The Bertz CT molecular complexity index is 517. The van der Waals surface area contributed by atoms with Crippen LogP contribution in [0.15, 0.2) is 22.7 Å². The molecule has 20 heavy (non-hydrogen) atoms. The van der Waals surface area contributed by atoms with Gasteiger partial charge in [0.25, 0.3) is 0 Å². The zero-order valence-corrected chi connectivity index (χ0v) is 13.2. The maximum Gasteiger partial charge on any atom is 0.314 e. The highest BCUT2D eigenvalue weighted by molar-refractivity contribution is 9.10. The van der Waals surface area contributed by atoms with Crippen LogP contribution in [-0.2, 0) is 10.2 Å². The maximum atomic E-state index is 12.0. The topological polar surface area (TPSA) is 40.5 Å². The van der Waals surface area contributed by atoms with Gasteiger partial charge in [-0.1, -0.05) is 34.8 Å². The minimum absolute atomic E-state index is 0.664. The molecule has 1 saturated carbocycles. The summed E-state index contributed by atoms with van der Waals surface area (Å²) in [5.74, 6) is -0.664. The predicted molar refractivity (Wildman–Crippen MR) is 83.4 cm³/mol. The third kappa shape index (κ3) is 2.14. The number of carboxylic acid groups (broad SMARTS) is 1. The van der Waals surface area contributed by atoms with Gasteiger partial charge in [0.1, 0.15) is 0 Å². The molecular formula is C16H20BrNO2. The van der Waals surface area contributed by atoms with E-state index in [1.54, 1.807) is 0 Å². The van der Waals surface area contributed by atoms with Crippen molar-refractivity contribution in [3.63, 3.8) is 0 Å². The van der Waals surface area contributed by atoms with E-state index >= 15 is 0 Å². The van der Waals surface area contributed by atoms with Gasteiger partial charge >= 0.3 is 5.97 Å². The van der Waals surface area contributed by atoms with Gasteiger partial charge in [0.05, 0.1) is 5.41 Å². The van der Waals surface area contributed by atoms with Gasteiger partial charge in [-0.25, -0.2) is 0 Å². The minimum Gasteiger partial charge on any atom is -0.481 e. The zero-order valence-electron chi connectivity index (χ0n) is 11.6. The van der Waals surface area contributed by atoms with E-state index in [-0.39, 0.29) is 0 Å². The Hall–Kier alpha value is -1.03. The van der Waals surface area contributed by atoms with Crippen molar-refractivity contribution < 1.29 is 9.90 Å². The molecular weight excluding hydrogens is 318 g/mol. The van der Waals surface area contributed by atoms with Crippen molar-refractivity contribution in [3.05, 3.63) is 28.2 Å². The molecule has 1 aromatic rings. The van der Waals surface area contributed by atoms with Crippen molar-refractivity contribution in [1.82, 2.24) is 0 Å². The summed E-state index contributed by atoms with van der Waals surface area (Å²) < 4.78 is 0.950. The highest BCUT2D eigenvalue weighted by Crippen LogP contribution is 2.48. The summed E-state index contributed by atoms with van der Waals surface area (Å²) in [6.07, 6.45) is 5.93. The molecule has 1 saturated heterocycles. The molecule has 1 heterocycles. The van der Waals surface area contributed by atoms with Gasteiger partial charge in [-0.3, -0.25) is 4.79 Å². The van der Waals surface area contributed by atoms with E-state index in [4.69, 9.17) is 0 Å². The molecule has 108 valence electrons. The molecule has 1 aliphatic heterocycles. The second kappa shape index (κ2) is 5.40. The van der Waals surface area contributed by atoms with Crippen LogP contribution in [0.4, 0.5) is 5.69 Å². The van der Waals surface area contributed by atoms with Gasteiger partial charge < -0.3 is 10.0 Å². The Morgan fingerprint density at radius 2 is 1.80 bits per heavy atom. The molecule has 0 aromatic heterocycles. The number of carboxylic acids is 1. The van der Waals surface area contributed by atoms with Gasteiger partial charge in [0.2, 0.25) is 0 Å². The Labute approximate surface area is 128 Å². The van der Waals surface area contributed by atoms with Gasteiger partial charge in [-0.05, 0) is 37.8 Å². The first kappa shape index (κ1) is 13.9. The molecule has 2 aliphatic rings. The number of benzene rings is 1. The molecule has 3 nitrogen and oxygen atoms in total. The van der Waals surface area contributed by atoms with Gasteiger partial charge in [-0.2, -0.15) is 0 Å². The summed E-state index contributed by atoms with van der Waals surface area (Å²) in [6.45, 7) is 2.08. The van der Waals surface area contributed by atoms with Crippen molar-refractivity contribution in [1.29, 1.82) is 0 Å². The van der Waals surface area contributed by atoms with Crippen LogP contribution in [0.3, 0.4) is 0 Å². The lowest BCUT2D eigenvalue weighted by Gasteiger charge is -2.32. The monoisotopic (exact) mass is 337 g/mol. The highest BCUT2D eigenvalue weighted by atomic mass is 79.9. The molecule has 0 atom stereocenters. The highest BCUT2D eigenvalue weighted by Gasteiger charge is 2.46. The smallest absolute Gasteiger partial charge is 0.314 e. The van der Waals surface area contributed by atoms with Crippen molar-refractivity contribution >= 4 is 27.6 Å². The molecule has 1 aliphatic carbocycles. The first-order valence-electron chi connectivity index (χ1n) is 7.42. The van der Waals surface area contributed by atoms with Crippen LogP contribution in [0.1, 0.15) is 44.1 Å². The summed E-state index contributed by atoms with van der Waals surface area (Å²) in [4.78, 5) is 14.4. The predicted octanol–water partition coefficient (Wildman–Crippen LogP) is 3.95. The second-order valence-corrected chi connectivity index (χ2v) is 6.78. The van der Waals surface area contributed by atoms with Crippen LogP contribution < -0.4 is 4.90 Å². The first-order chi connectivity index (χ1) is 9.65. The Morgan fingerprint density at radius 1 is 1.15 bits per heavy atom. The molecule has 1 N–H and O–H groups in total. The summed E-state index contributed by atoms with van der Waals surface area (Å²) in [6, 6.07) is 6.10. The standard InChI is InChI=1S/C16H20BrNO2/c17-12-6-5-7-13(18-10-3-4-11-18)14(12)16(15(19)20)8-1-2-9-16/h5-7H,1-4,8-11H2,(H,19,20). The van der Waals surface area contributed by atoms with Crippen LogP contribution >= 0.6 is 15.9 Å². The van der Waals surface area contributed by atoms with E-state index in [1.807, 2.05) is 12.1 Å². The number of aliphatic carboxylic acids is 1.